The van der Waals surface area contributed by atoms with Gasteiger partial charge in [0.2, 0.25) is 5.91 Å². The topological polar surface area (TPSA) is 108 Å². The number of thiophene rings is 1. The van der Waals surface area contributed by atoms with Gasteiger partial charge in [0.1, 0.15) is 11.9 Å². The first kappa shape index (κ1) is 29.5. The predicted octanol–water partition coefficient (Wildman–Crippen LogP) is 3.94. The first-order chi connectivity index (χ1) is 20.3. The quantitative estimate of drug-likeness (QED) is 0.255. The number of fused-ring (bicyclic) bond motifs is 1. The summed E-state index contributed by atoms with van der Waals surface area (Å²) in [7, 11) is 0. The summed E-state index contributed by atoms with van der Waals surface area (Å²) in [6.45, 7) is 8.21. The molecule has 1 fully saturated rings. The van der Waals surface area contributed by atoms with Crippen molar-refractivity contribution < 1.29 is 18.4 Å². The van der Waals surface area contributed by atoms with Crippen molar-refractivity contribution in [3.8, 4) is 21.8 Å². The second-order valence-corrected chi connectivity index (χ2v) is 11.1. The summed E-state index contributed by atoms with van der Waals surface area (Å²) < 4.78 is 27.1. The number of nitrogens with zero attached hydrogens (tertiary/aromatic N) is 6. The molecule has 0 bridgehead atoms. The van der Waals surface area contributed by atoms with Crippen molar-refractivity contribution in [2.24, 2.45) is 0 Å². The molecule has 5 heterocycles. The molecule has 1 aliphatic heterocycles. The fourth-order valence-corrected chi connectivity index (χ4v) is 5.79. The van der Waals surface area contributed by atoms with Gasteiger partial charge in [-0.1, -0.05) is 19.9 Å². The Balaban J connectivity index is 1.50. The molecule has 13 heteroatoms. The maximum atomic E-state index is 13.4. The number of carbonyl (C=O) groups is 2. The monoisotopic (exact) mass is 596 g/mol. The van der Waals surface area contributed by atoms with E-state index in [9.17, 15) is 18.4 Å². The van der Waals surface area contributed by atoms with Crippen LogP contribution in [-0.2, 0) is 4.79 Å². The van der Waals surface area contributed by atoms with E-state index >= 15 is 0 Å². The Kier molecular flexibility index (Phi) is 9.07. The Morgan fingerprint density at radius 2 is 1.93 bits per heavy atom. The van der Waals surface area contributed by atoms with E-state index in [0.29, 0.717) is 47.8 Å². The molecule has 4 aromatic rings. The Bertz CT molecular complexity index is 1540. The molecule has 0 aliphatic carbocycles. The first-order valence-electron chi connectivity index (χ1n) is 14.0. The summed E-state index contributed by atoms with van der Waals surface area (Å²) in [4.78, 5) is 40.7. The van der Waals surface area contributed by atoms with Crippen molar-refractivity contribution in [2.75, 3.05) is 37.6 Å². The number of pyridine rings is 1. The van der Waals surface area contributed by atoms with Crippen LogP contribution < -0.4 is 15.5 Å². The van der Waals surface area contributed by atoms with E-state index in [1.165, 1.54) is 0 Å². The predicted molar refractivity (Wildman–Crippen MR) is 159 cm³/mol. The smallest absolute Gasteiger partial charge is 0.255 e. The van der Waals surface area contributed by atoms with Crippen molar-refractivity contribution in [3.63, 3.8) is 0 Å². The van der Waals surface area contributed by atoms with Crippen LogP contribution in [0.1, 0.15) is 37.6 Å². The zero-order chi connectivity index (χ0) is 29.8. The van der Waals surface area contributed by atoms with Gasteiger partial charge < -0.3 is 15.5 Å². The molecule has 10 nitrogen and oxygen atoms in total. The molecule has 42 heavy (non-hydrogen) atoms. The SMILES string of the molecule is CCN(CC)[C@@H](C)CNC(=O)c1cc(-c2cnn3ccc(-c4cccs4)nc23)nc(N2CC[C@H]2C(=O)NCC(F)F)c1. The fraction of sp³-hybridized carbons (Fsp3) is 0.414. The van der Waals surface area contributed by atoms with Crippen LogP contribution in [0.5, 0.6) is 0 Å². The van der Waals surface area contributed by atoms with Crippen LogP contribution in [0.3, 0.4) is 0 Å². The average molecular weight is 597 g/mol. The average Bonchev–Trinajstić information content (AvgIpc) is 3.65. The standard InChI is InChI=1S/C29H34F2N8O2S/c1-4-37(5-2)18(3)15-32-28(40)19-13-22(35-26(14-19)38-10-9-23(38)29(41)33-17-25(30)31)20-16-34-39-11-8-21(36-27(20)39)24-7-6-12-42-24/h6-8,11-14,16,18,23,25H,4-5,9-10,15,17H2,1-3H3,(H,32,40)(H,33,41)/t18-,23-/m0/s1. The van der Waals surface area contributed by atoms with Gasteiger partial charge in [0, 0.05) is 30.9 Å². The van der Waals surface area contributed by atoms with Crippen LogP contribution in [0.15, 0.2) is 48.1 Å². The largest absolute Gasteiger partial charge is 0.350 e. The van der Waals surface area contributed by atoms with Crippen LogP contribution in [-0.4, -0.2) is 87.5 Å². The molecule has 0 aromatic carbocycles. The number of halogens is 2. The van der Waals surface area contributed by atoms with Gasteiger partial charge in [0.15, 0.2) is 5.65 Å². The molecule has 5 rings (SSSR count). The van der Waals surface area contributed by atoms with E-state index in [-0.39, 0.29) is 11.9 Å². The third-order valence-electron chi connectivity index (χ3n) is 7.53. The minimum Gasteiger partial charge on any atom is -0.350 e. The summed E-state index contributed by atoms with van der Waals surface area (Å²) in [5.41, 5.74) is 2.83. The number of aromatic nitrogens is 4. The van der Waals surface area contributed by atoms with Gasteiger partial charge in [0.05, 0.1) is 34.6 Å². The number of hydrogen-bond donors (Lipinski definition) is 2. The molecule has 2 N–H and O–H groups in total. The number of amides is 2. The number of alkyl halides is 2. The molecule has 2 amide bonds. The molecule has 4 aromatic heterocycles. The Hall–Kier alpha value is -3.97. The Morgan fingerprint density at radius 1 is 1.12 bits per heavy atom. The maximum absolute atomic E-state index is 13.4. The molecule has 0 radical (unpaired) electrons. The number of nitrogens with one attached hydrogen (secondary N) is 2. The van der Waals surface area contributed by atoms with Gasteiger partial charge in [-0.15, -0.1) is 11.3 Å². The third-order valence-corrected chi connectivity index (χ3v) is 8.43. The minimum atomic E-state index is -2.64. The summed E-state index contributed by atoms with van der Waals surface area (Å²) in [5, 5.41) is 11.8. The molecule has 1 aliphatic rings. The minimum absolute atomic E-state index is 0.141. The van der Waals surface area contributed by atoms with Crippen LogP contribution in [0.2, 0.25) is 0 Å². The molecule has 0 spiro atoms. The maximum Gasteiger partial charge on any atom is 0.255 e. The van der Waals surface area contributed by atoms with Crippen LogP contribution in [0.25, 0.3) is 27.5 Å². The summed E-state index contributed by atoms with van der Waals surface area (Å²) in [5.74, 6) is -0.362. The first-order valence-corrected chi connectivity index (χ1v) is 14.9. The van der Waals surface area contributed by atoms with Crippen molar-refractivity contribution >= 4 is 34.6 Å². The van der Waals surface area contributed by atoms with Gasteiger partial charge >= 0.3 is 0 Å². The second-order valence-electron chi connectivity index (χ2n) is 10.1. The summed E-state index contributed by atoms with van der Waals surface area (Å²) in [6.07, 6.45) is 1.33. The summed E-state index contributed by atoms with van der Waals surface area (Å²) >= 11 is 1.58. The zero-order valence-corrected chi connectivity index (χ0v) is 24.6. The summed E-state index contributed by atoms with van der Waals surface area (Å²) in [6, 6.07) is 8.66. The highest BCUT2D eigenvalue weighted by Crippen LogP contribution is 2.32. The molecule has 0 saturated carbocycles. The second kappa shape index (κ2) is 12.9. The van der Waals surface area contributed by atoms with Crippen LogP contribution >= 0.6 is 11.3 Å². The number of rotatable bonds is 12. The lowest BCUT2D eigenvalue weighted by Gasteiger charge is -2.41. The molecule has 0 unspecified atom stereocenters. The molecule has 2 atom stereocenters. The van der Waals surface area contributed by atoms with Crippen molar-refractivity contribution in [1.29, 1.82) is 0 Å². The van der Waals surface area contributed by atoms with Crippen LogP contribution in [0, 0.1) is 0 Å². The lowest BCUT2D eigenvalue weighted by Crippen LogP contribution is -2.57. The highest BCUT2D eigenvalue weighted by Gasteiger charge is 2.36. The molecule has 1 saturated heterocycles. The van der Waals surface area contributed by atoms with Crippen LogP contribution in [0.4, 0.5) is 14.6 Å². The van der Waals surface area contributed by atoms with E-state index in [4.69, 9.17) is 9.97 Å². The van der Waals surface area contributed by atoms with Crippen molar-refractivity contribution in [3.05, 3.63) is 53.7 Å². The van der Waals surface area contributed by atoms with Gasteiger partial charge in [-0.25, -0.2) is 23.3 Å². The number of hydrogen-bond acceptors (Lipinski definition) is 8. The Morgan fingerprint density at radius 3 is 2.60 bits per heavy atom. The fourth-order valence-electron chi connectivity index (χ4n) is 5.09. The lowest BCUT2D eigenvalue weighted by atomic mass is 10.0. The van der Waals surface area contributed by atoms with E-state index in [1.54, 1.807) is 39.1 Å². The van der Waals surface area contributed by atoms with Gasteiger partial charge in [-0.05, 0) is 56.1 Å². The highest BCUT2D eigenvalue weighted by atomic mass is 32.1. The highest BCUT2D eigenvalue weighted by molar-refractivity contribution is 7.13. The molecular weight excluding hydrogens is 562 g/mol. The third kappa shape index (κ3) is 6.26. The van der Waals surface area contributed by atoms with Gasteiger partial charge in [-0.2, -0.15) is 5.10 Å². The van der Waals surface area contributed by atoms with Gasteiger partial charge in [0.25, 0.3) is 12.3 Å². The number of likely N-dealkylation sites (N-methyl/N-ethyl adjacent to an activating group) is 1. The van der Waals surface area contributed by atoms with E-state index in [2.05, 4.69) is 41.4 Å². The molecule has 222 valence electrons. The number of anilines is 1. The number of carbonyl (C=O) groups excluding carboxylic acids is 2. The molecular formula is C29H34F2N8O2S. The van der Waals surface area contributed by atoms with E-state index in [0.717, 1.165) is 23.7 Å². The zero-order valence-electron chi connectivity index (χ0n) is 23.8. The normalized spacial score (nSPS) is 15.7. The van der Waals surface area contributed by atoms with Gasteiger partial charge in [-0.3, -0.25) is 14.5 Å². The Labute approximate surface area is 246 Å². The lowest BCUT2D eigenvalue weighted by molar-refractivity contribution is -0.124. The van der Waals surface area contributed by atoms with E-state index < -0.39 is 24.9 Å². The van der Waals surface area contributed by atoms with E-state index in [1.807, 2.05) is 29.8 Å². The van der Waals surface area contributed by atoms with Crippen molar-refractivity contribution in [1.82, 2.24) is 35.1 Å². The van der Waals surface area contributed by atoms with Crippen molar-refractivity contribution in [2.45, 2.75) is 45.7 Å².